The average Bonchev–Trinajstić information content (AvgIpc) is 2.55. The number of hydrogen-bond donors (Lipinski definition) is 1. The van der Waals surface area contributed by atoms with E-state index in [-0.39, 0.29) is 11.9 Å². The quantitative estimate of drug-likeness (QED) is 0.926. The summed E-state index contributed by atoms with van der Waals surface area (Å²) in [6.45, 7) is 8.62. The largest absolute Gasteiger partial charge is 0.348 e. The molecule has 0 saturated carbocycles. The zero-order valence-corrected chi connectivity index (χ0v) is 15.3. The van der Waals surface area contributed by atoms with Crippen molar-refractivity contribution in [1.82, 2.24) is 15.1 Å². The molecular formula is C20H31N3O. The molecule has 2 aliphatic rings. The molecule has 2 fully saturated rings. The van der Waals surface area contributed by atoms with Gasteiger partial charge in [-0.25, -0.2) is 0 Å². The third-order valence-corrected chi connectivity index (χ3v) is 5.70. The Balaban J connectivity index is 1.60. The van der Waals surface area contributed by atoms with Gasteiger partial charge in [0.1, 0.15) is 0 Å². The molecule has 1 atom stereocenters. The predicted molar refractivity (Wildman–Crippen MR) is 98.5 cm³/mol. The second-order valence-electron chi connectivity index (χ2n) is 7.61. The Labute approximate surface area is 146 Å². The Hall–Kier alpha value is -1.39. The van der Waals surface area contributed by atoms with Crippen LogP contribution in [-0.4, -0.2) is 61.0 Å². The molecule has 1 amide bonds. The van der Waals surface area contributed by atoms with Crippen LogP contribution >= 0.6 is 0 Å². The summed E-state index contributed by atoms with van der Waals surface area (Å²) in [7, 11) is 2.21. The van der Waals surface area contributed by atoms with Crippen molar-refractivity contribution >= 4 is 5.91 Å². The van der Waals surface area contributed by atoms with E-state index in [0.717, 1.165) is 29.7 Å². The van der Waals surface area contributed by atoms with Gasteiger partial charge in [0.25, 0.3) is 5.91 Å². The second-order valence-corrected chi connectivity index (χ2v) is 7.61. The maximum absolute atomic E-state index is 12.7. The van der Waals surface area contributed by atoms with Crippen LogP contribution in [0.3, 0.4) is 0 Å². The van der Waals surface area contributed by atoms with Crippen LogP contribution in [0.25, 0.3) is 0 Å². The summed E-state index contributed by atoms with van der Waals surface area (Å²) in [5, 5.41) is 3.30. The van der Waals surface area contributed by atoms with Crippen LogP contribution in [0.15, 0.2) is 18.2 Å². The first-order valence-corrected chi connectivity index (χ1v) is 9.34. The van der Waals surface area contributed by atoms with Crippen molar-refractivity contribution in [1.29, 1.82) is 0 Å². The summed E-state index contributed by atoms with van der Waals surface area (Å²) in [4.78, 5) is 17.8. The lowest BCUT2D eigenvalue weighted by molar-refractivity contribution is 0.0765. The minimum Gasteiger partial charge on any atom is -0.348 e. The van der Waals surface area contributed by atoms with Crippen LogP contribution in [0, 0.1) is 13.8 Å². The highest BCUT2D eigenvalue weighted by molar-refractivity contribution is 5.97. The number of hydrogen-bond acceptors (Lipinski definition) is 3. The van der Waals surface area contributed by atoms with Crippen LogP contribution in [-0.2, 0) is 0 Å². The molecule has 132 valence electrons. The van der Waals surface area contributed by atoms with E-state index in [1.54, 1.807) is 0 Å². The molecule has 2 heterocycles. The normalized spacial score (nSPS) is 24.0. The maximum atomic E-state index is 12.7. The number of carbonyl (C=O) groups excluding carboxylic acids is 1. The molecule has 1 aromatic carbocycles. The molecule has 3 rings (SSSR count). The van der Waals surface area contributed by atoms with E-state index in [9.17, 15) is 4.79 Å². The lowest BCUT2D eigenvalue weighted by Crippen LogP contribution is -2.53. The van der Waals surface area contributed by atoms with Crippen LogP contribution in [0.5, 0.6) is 0 Å². The Morgan fingerprint density at radius 1 is 1.08 bits per heavy atom. The maximum Gasteiger partial charge on any atom is 0.252 e. The Morgan fingerprint density at radius 2 is 1.75 bits per heavy atom. The van der Waals surface area contributed by atoms with Crippen molar-refractivity contribution in [2.45, 2.75) is 51.6 Å². The number of likely N-dealkylation sites (tertiary alicyclic amines) is 2. The summed E-state index contributed by atoms with van der Waals surface area (Å²) in [5.41, 5.74) is 2.99. The van der Waals surface area contributed by atoms with E-state index in [2.05, 4.69) is 22.2 Å². The summed E-state index contributed by atoms with van der Waals surface area (Å²) in [6, 6.07) is 7.04. The summed E-state index contributed by atoms with van der Waals surface area (Å²) >= 11 is 0. The van der Waals surface area contributed by atoms with E-state index in [1.165, 1.54) is 38.9 Å². The van der Waals surface area contributed by atoms with Gasteiger partial charge in [-0.1, -0.05) is 18.2 Å². The summed E-state index contributed by atoms with van der Waals surface area (Å²) in [6.07, 6.45) is 4.80. The van der Waals surface area contributed by atoms with Crippen molar-refractivity contribution in [3.8, 4) is 0 Å². The summed E-state index contributed by atoms with van der Waals surface area (Å²) < 4.78 is 0. The SMILES string of the molecule is Cc1cccc(C)c1C(=O)NC1CCCN(C2CCN(C)CC2)C1. The molecule has 1 unspecified atom stereocenters. The van der Waals surface area contributed by atoms with Crippen molar-refractivity contribution in [3.63, 3.8) is 0 Å². The first kappa shape index (κ1) is 17.4. The first-order chi connectivity index (χ1) is 11.5. The monoisotopic (exact) mass is 329 g/mol. The molecule has 2 aliphatic heterocycles. The fourth-order valence-corrected chi connectivity index (χ4v) is 4.25. The molecule has 0 radical (unpaired) electrons. The highest BCUT2D eigenvalue weighted by Crippen LogP contribution is 2.21. The fourth-order valence-electron chi connectivity index (χ4n) is 4.25. The van der Waals surface area contributed by atoms with Crippen molar-refractivity contribution in [2.24, 2.45) is 0 Å². The number of piperidine rings is 2. The highest BCUT2D eigenvalue weighted by Gasteiger charge is 2.29. The molecule has 24 heavy (non-hydrogen) atoms. The average molecular weight is 329 g/mol. The number of nitrogens with one attached hydrogen (secondary N) is 1. The molecule has 0 aromatic heterocycles. The van der Waals surface area contributed by atoms with Gasteiger partial charge in [-0.15, -0.1) is 0 Å². The van der Waals surface area contributed by atoms with Crippen LogP contribution in [0.2, 0.25) is 0 Å². The number of aryl methyl sites for hydroxylation is 2. The Morgan fingerprint density at radius 3 is 2.42 bits per heavy atom. The van der Waals surface area contributed by atoms with Gasteiger partial charge >= 0.3 is 0 Å². The molecule has 2 saturated heterocycles. The third-order valence-electron chi connectivity index (χ3n) is 5.70. The number of benzene rings is 1. The van der Waals surface area contributed by atoms with Crippen molar-refractivity contribution in [2.75, 3.05) is 33.2 Å². The van der Waals surface area contributed by atoms with Gasteiger partial charge in [0.2, 0.25) is 0 Å². The van der Waals surface area contributed by atoms with Crippen LogP contribution in [0.4, 0.5) is 0 Å². The number of nitrogens with zero attached hydrogens (tertiary/aromatic N) is 2. The second kappa shape index (κ2) is 7.66. The van der Waals surface area contributed by atoms with Gasteiger partial charge < -0.3 is 10.2 Å². The number of amides is 1. The lowest BCUT2D eigenvalue weighted by atomic mass is 9.97. The minimum atomic E-state index is 0.0980. The molecule has 4 heteroatoms. The fraction of sp³-hybridized carbons (Fsp3) is 0.650. The summed E-state index contributed by atoms with van der Waals surface area (Å²) in [5.74, 6) is 0.0980. The molecular weight excluding hydrogens is 298 g/mol. The minimum absolute atomic E-state index is 0.0980. The zero-order chi connectivity index (χ0) is 17.1. The third kappa shape index (κ3) is 3.98. The number of rotatable bonds is 3. The molecule has 1 aromatic rings. The van der Waals surface area contributed by atoms with E-state index in [4.69, 9.17) is 0 Å². The van der Waals surface area contributed by atoms with Gasteiger partial charge in [-0.3, -0.25) is 9.69 Å². The van der Waals surface area contributed by atoms with Gasteiger partial charge in [-0.2, -0.15) is 0 Å². The first-order valence-electron chi connectivity index (χ1n) is 9.34. The van der Waals surface area contributed by atoms with Gasteiger partial charge in [0.05, 0.1) is 0 Å². The van der Waals surface area contributed by atoms with Crippen LogP contribution in [0.1, 0.15) is 47.2 Å². The van der Waals surface area contributed by atoms with Crippen molar-refractivity contribution in [3.05, 3.63) is 34.9 Å². The zero-order valence-electron chi connectivity index (χ0n) is 15.3. The number of carbonyl (C=O) groups is 1. The van der Waals surface area contributed by atoms with E-state index < -0.39 is 0 Å². The Bertz CT molecular complexity index is 558. The standard InChI is InChI=1S/C20H31N3O/c1-15-6-4-7-16(2)19(15)20(24)21-17-8-5-11-23(14-17)18-9-12-22(3)13-10-18/h4,6-7,17-18H,5,8-14H2,1-3H3,(H,21,24). The highest BCUT2D eigenvalue weighted by atomic mass is 16.1. The molecule has 4 nitrogen and oxygen atoms in total. The van der Waals surface area contributed by atoms with Gasteiger partial charge in [0, 0.05) is 24.2 Å². The molecule has 0 aliphatic carbocycles. The van der Waals surface area contributed by atoms with E-state index >= 15 is 0 Å². The smallest absolute Gasteiger partial charge is 0.252 e. The van der Waals surface area contributed by atoms with Crippen LogP contribution < -0.4 is 5.32 Å². The Kier molecular flexibility index (Phi) is 5.57. The lowest BCUT2D eigenvalue weighted by Gasteiger charge is -2.41. The molecule has 1 N–H and O–H groups in total. The van der Waals surface area contributed by atoms with Crippen molar-refractivity contribution < 1.29 is 4.79 Å². The predicted octanol–water partition coefficient (Wildman–Crippen LogP) is 2.59. The van der Waals surface area contributed by atoms with E-state index in [0.29, 0.717) is 6.04 Å². The molecule has 0 spiro atoms. The molecule has 0 bridgehead atoms. The van der Waals surface area contributed by atoms with Gasteiger partial charge in [-0.05, 0) is 77.3 Å². The van der Waals surface area contributed by atoms with Gasteiger partial charge in [0.15, 0.2) is 0 Å². The topological polar surface area (TPSA) is 35.6 Å². The van der Waals surface area contributed by atoms with E-state index in [1.807, 2.05) is 32.0 Å².